The molecule has 0 nitrogen and oxygen atoms in total. The van der Waals surface area contributed by atoms with Gasteiger partial charge in [0.15, 0.2) is 0 Å². The van der Waals surface area contributed by atoms with Crippen molar-refractivity contribution in [2.45, 2.75) is 33.1 Å². The number of hydrogen-bond acceptors (Lipinski definition) is 0. The Morgan fingerprint density at radius 3 is 2.54 bits per heavy atom. The molecule has 1 aromatic carbocycles. The monoisotopic (exact) mass is 172 g/mol. The Kier molecular flexibility index (Phi) is 2.22. The summed E-state index contributed by atoms with van der Waals surface area (Å²) in [6.07, 6.45) is 3.58. The topological polar surface area (TPSA) is 0 Å². The summed E-state index contributed by atoms with van der Waals surface area (Å²) in [7, 11) is 0. The van der Waals surface area contributed by atoms with Crippen LogP contribution in [0.25, 0.3) is 5.57 Å². The lowest BCUT2D eigenvalue weighted by Crippen LogP contribution is -1.81. The normalized spacial score (nSPS) is 14.9. The van der Waals surface area contributed by atoms with Gasteiger partial charge in [-0.3, -0.25) is 0 Å². The molecule has 0 spiro atoms. The van der Waals surface area contributed by atoms with Crippen LogP contribution in [0.2, 0.25) is 0 Å². The highest BCUT2D eigenvalue weighted by Crippen LogP contribution is 2.35. The number of hydrogen-bond donors (Lipinski definition) is 0. The van der Waals surface area contributed by atoms with E-state index >= 15 is 0 Å². The smallest absolute Gasteiger partial charge is 0.00551 e. The van der Waals surface area contributed by atoms with Crippen molar-refractivity contribution in [3.05, 3.63) is 41.0 Å². The Balaban J connectivity index is 2.48. The SMILES string of the molecule is CCC1=C(CC)c2ccccc2C1. The molecule has 13 heavy (non-hydrogen) atoms. The molecule has 0 radical (unpaired) electrons. The van der Waals surface area contributed by atoms with E-state index in [4.69, 9.17) is 0 Å². The third kappa shape index (κ3) is 1.31. The summed E-state index contributed by atoms with van der Waals surface area (Å²) in [6, 6.07) is 8.81. The predicted octanol–water partition coefficient (Wildman–Crippen LogP) is 3.82. The first-order valence-electron chi connectivity index (χ1n) is 5.16. The number of allylic oxidation sites excluding steroid dienone is 2. The van der Waals surface area contributed by atoms with Gasteiger partial charge in [0, 0.05) is 0 Å². The van der Waals surface area contributed by atoms with Gasteiger partial charge in [-0.2, -0.15) is 0 Å². The first kappa shape index (κ1) is 8.55. The zero-order valence-corrected chi connectivity index (χ0v) is 8.43. The van der Waals surface area contributed by atoms with E-state index in [1.165, 1.54) is 30.4 Å². The van der Waals surface area contributed by atoms with Gasteiger partial charge in [0.25, 0.3) is 0 Å². The highest BCUT2D eigenvalue weighted by molar-refractivity contribution is 5.76. The molecule has 1 aliphatic rings. The van der Waals surface area contributed by atoms with Crippen molar-refractivity contribution in [3.8, 4) is 0 Å². The molecule has 68 valence electrons. The van der Waals surface area contributed by atoms with Crippen LogP contribution >= 0.6 is 0 Å². The van der Waals surface area contributed by atoms with Crippen LogP contribution in [0.15, 0.2) is 29.8 Å². The van der Waals surface area contributed by atoms with Crippen molar-refractivity contribution in [2.24, 2.45) is 0 Å². The average Bonchev–Trinajstić information content (AvgIpc) is 2.55. The van der Waals surface area contributed by atoms with Crippen LogP contribution in [0.3, 0.4) is 0 Å². The molecule has 1 aliphatic carbocycles. The highest BCUT2D eigenvalue weighted by atomic mass is 14.2. The molecule has 0 aliphatic heterocycles. The van der Waals surface area contributed by atoms with E-state index in [2.05, 4.69) is 38.1 Å². The maximum absolute atomic E-state index is 2.26. The summed E-state index contributed by atoms with van der Waals surface area (Å²) >= 11 is 0. The first-order chi connectivity index (χ1) is 6.36. The lowest BCUT2D eigenvalue weighted by Gasteiger charge is -2.02. The number of fused-ring (bicyclic) bond motifs is 1. The van der Waals surface area contributed by atoms with Crippen molar-refractivity contribution < 1.29 is 0 Å². The second-order valence-electron chi connectivity index (χ2n) is 3.62. The molecule has 0 heterocycles. The predicted molar refractivity (Wildman–Crippen MR) is 57.6 cm³/mol. The summed E-state index contributed by atoms with van der Waals surface area (Å²) in [6.45, 7) is 4.52. The summed E-state index contributed by atoms with van der Waals surface area (Å²) in [5, 5.41) is 0. The largest absolute Gasteiger partial charge is 0.0623 e. The van der Waals surface area contributed by atoms with Gasteiger partial charge < -0.3 is 0 Å². The molecule has 0 atom stereocenters. The maximum atomic E-state index is 2.26. The van der Waals surface area contributed by atoms with Crippen molar-refractivity contribution in [1.29, 1.82) is 0 Å². The standard InChI is InChI=1S/C13H16/c1-3-10-9-11-7-5-6-8-13(11)12(10)4-2/h5-8H,3-4,9H2,1-2H3. The Morgan fingerprint density at radius 1 is 1.08 bits per heavy atom. The first-order valence-corrected chi connectivity index (χ1v) is 5.16. The molecule has 0 N–H and O–H groups in total. The third-order valence-corrected chi connectivity index (χ3v) is 2.95. The van der Waals surface area contributed by atoms with Crippen molar-refractivity contribution >= 4 is 5.57 Å². The van der Waals surface area contributed by atoms with Crippen LogP contribution in [0.1, 0.15) is 37.8 Å². The minimum atomic E-state index is 1.18. The van der Waals surface area contributed by atoms with E-state index in [0.29, 0.717) is 0 Å². The van der Waals surface area contributed by atoms with Gasteiger partial charge in [0.2, 0.25) is 0 Å². The van der Waals surface area contributed by atoms with Gasteiger partial charge >= 0.3 is 0 Å². The van der Waals surface area contributed by atoms with Gasteiger partial charge in [0.05, 0.1) is 0 Å². The number of benzene rings is 1. The van der Waals surface area contributed by atoms with Crippen molar-refractivity contribution in [1.82, 2.24) is 0 Å². The summed E-state index contributed by atoms with van der Waals surface area (Å²) in [4.78, 5) is 0. The second-order valence-corrected chi connectivity index (χ2v) is 3.62. The van der Waals surface area contributed by atoms with Crippen LogP contribution in [-0.4, -0.2) is 0 Å². The lowest BCUT2D eigenvalue weighted by molar-refractivity contribution is 1.02. The van der Waals surface area contributed by atoms with Crippen LogP contribution < -0.4 is 0 Å². The summed E-state index contributed by atoms with van der Waals surface area (Å²) in [5.74, 6) is 0. The molecule has 0 heteroatoms. The van der Waals surface area contributed by atoms with Gasteiger partial charge in [-0.15, -0.1) is 0 Å². The fourth-order valence-electron chi connectivity index (χ4n) is 2.27. The van der Waals surface area contributed by atoms with Crippen LogP contribution in [0, 0.1) is 0 Å². The minimum Gasteiger partial charge on any atom is -0.0623 e. The lowest BCUT2D eigenvalue weighted by atomic mass is 10.0. The molecular weight excluding hydrogens is 156 g/mol. The summed E-state index contributed by atoms with van der Waals surface area (Å²) < 4.78 is 0. The molecule has 0 saturated heterocycles. The van der Waals surface area contributed by atoms with E-state index in [1.54, 1.807) is 11.1 Å². The van der Waals surface area contributed by atoms with E-state index < -0.39 is 0 Å². The second kappa shape index (κ2) is 3.37. The molecule has 0 amide bonds. The highest BCUT2D eigenvalue weighted by Gasteiger charge is 2.17. The van der Waals surface area contributed by atoms with Gasteiger partial charge in [-0.25, -0.2) is 0 Å². The fraction of sp³-hybridized carbons (Fsp3) is 0.385. The molecule has 2 rings (SSSR count). The van der Waals surface area contributed by atoms with E-state index in [1.807, 2.05) is 0 Å². The Labute approximate surface area is 80.3 Å². The molecule has 0 unspecified atom stereocenters. The number of rotatable bonds is 2. The zero-order valence-electron chi connectivity index (χ0n) is 8.43. The molecule has 0 fully saturated rings. The van der Waals surface area contributed by atoms with Gasteiger partial charge in [0.1, 0.15) is 0 Å². The Bertz CT molecular complexity index is 345. The third-order valence-electron chi connectivity index (χ3n) is 2.95. The molecule has 1 aromatic rings. The van der Waals surface area contributed by atoms with Crippen LogP contribution in [0.4, 0.5) is 0 Å². The van der Waals surface area contributed by atoms with Gasteiger partial charge in [-0.1, -0.05) is 43.7 Å². The quantitative estimate of drug-likeness (QED) is 0.636. The molecule has 0 bridgehead atoms. The Morgan fingerprint density at radius 2 is 1.85 bits per heavy atom. The molecule has 0 aromatic heterocycles. The maximum Gasteiger partial charge on any atom is -0.00551 e. The van der Waals surface area contributed by atoms with Crippen molar-refractivity contribution in [2.75, 3.05) is 0 Å². The van der Waals surface area contributed by atoms with Gasteiger partial charge in [-0.05, 0) is 36.0 Å². The van der Waals surface area contributed by atoms with Crippen LogP contribution in [-0.2, 0) is 6.42 Å². The minimum absolute atomic E-state index is 1.18. The van der Waals surface area contributed by atoms with E-state index in [-0.39, 0.29) is 0 Å². The zero-order chi connectivity index (χ0) is 9.26. The molecular formula is C13H16. The average molecular weight is 172 g/mol. The Hall–Kier alpha value is -1.04. The fourth-order valence-corrected chi connectivity index (χ4v) is 2.27. The van der Waals surface area contributed by atoms with E-state index in [0.717, 1.165) is 0 Å². The van der Waals surface area contributed by atoms with Crippen molar-refractivity contribution in [3.63, 3.8) is 0 Å². The van der Waals surface area contributed by atoms with E-state index in [9.17, 15) is 0 Å². The summed E-state index contributed by atoms with van der Waals surface area (Å²) in [5.41, 5.74) is 6.26. The molecule has 0 saturated carbocycles. The van der Waals surface area contributed by atoms with Crippen LogP contribution in [0.5, 0.6) is 0 Å².